The molecule has 0 aliphatic heterocycles. The summed E-state index contributed by atoms with van der Waals surface area (Å²) in [6.45, 7) is 5.09. The van der Waals surface area contributed by atoms with Gasteiger partial charge < -0.3 is 28.8 Å². The van der Waals surface area contributed by atoms with Crippen molar-refractivity contribution in [3.8, 4) is 23.0 Å². The molecule has 1 unspecified atom stereocenters. The third-order valence-electron chi connectivity index (χ3n) is 6.26. The Morgan fingerprint density at radius 3 is 2.27 bits per heavy atom. The Labute approximate surface area is 217 Å². The molecule has 1 heterocycles. The summed E-state index contributed by atoms with van der Waals surface area (Å²) < 4.78 is 24.3. The molecular weight excluding hydrogens is 470 g/mol. The van der Waals surface area contributed by atoms with E-state index >= 15 is 0 Å². The number of aryl methyl sites for hydroxylation is 1. The molecule has 1 N–H and O–H groups in total. The summed E-state index contributed by atoms with van der Waals surface area (Å²) in [6, 6.07) is 18.9. The first-order chi connectivity index (χ1) is 18.0. The molecular formula is C29H33N3O5. The van der Waals surface area contributed by atoms with Gasteiger partial charge in [-0.15, -0.1) is 0 Å². The van der Waals surface area contributed by atoms with Crippen LogP contribution in [0.25, 0.3) is 11.0 Å². The Morgan fingerprint density at radius 2 is 1.65 bits per heavy atom. The summed E-state index contributed by atoms with van der Waals surface area (Å²) in [7, 11) is 4.56. The van der Waals surface area contributed by atoms with Crippen LogP contribution in [0.3, 0.4) is 0 Å². The van der Waals surface area contributed by atoms with E-state index in [2.05, 4.69) is 28.9 Å². The van der Waals surface area contributed by atoms with Crippen LogP contribution in [-0.4, -0.2) is 43.4 Å². The number of benzene rings is 3. The van der Waals surface area contributed by atoms with E-state index in [9.17, 15) is 4.79 Å². The largest absolute Gasteiger partial charge is 0.493 e. The van der Waals surface area contributed by atoms with E-state index in [1.54, 1.807) is 12.1 Å². The van der Waals surface area contributed by atoms with Crippen LogP contribution in [0.15, 0.2) is 60.7 Å². The molecule has 4 aromatic rings. The first kappa shape index (κ1) is 25.9. The van der Waals surface area contributed by atoms with E-state index in [0.717, 1.165) is 29.0 Å². The van der Waals surface area contributed by atoms with E-state index in [1.807, 2.05) is 43.3 Å². The van der Waals surface area contributed by atoms with Crippen LogP contribution in [-0.2, 0) is 13.0 Å². The molecule has 0 saturated heterocycles. The summed E-state index contributed by atoms with van der Waals surface area (Å²) in [5.41, 5.74) is 3.50. The lowest BCUT2D eigenvalue weighted by atomic mass is 10.1. The average Bonchev–Trinajstić information content (AvgIpc) is 3.31. The standard InChI is InChI=1S/C29H33N3O5/c1-6-20-11-13-22(14-12-20)37-16-15-32-24-10-8-7-9-23(24)31-28(32)19(2)30-29(33)21-17-25(34-3)27(36-5)26(18-21)35-4/h7-14,17-19H,6,15-16H2,1-5H3,(H,30,33). The number of imidazole rings is 1. The van der Waals surface area contributed by atoms with Gasteiger partial charge in [-0.05, 0) is 55.3 Å². The fourth-order valence-corrected chi connectivity index (χ4v) is 4.29. The van der Waals surface area contributed by atoms with Crippen LogP contribution < -0.4 is 24.3 Å². The summed E-state index contributed by atoms with van der Waals surface area (Å²) in [5.74, 6) is 2.55. The van der Waals surface area contributed by atoms with Gasteiger partial charge in [-0.25, -0.2) is 4.98 Å². The number of hydrogen-bond acceptors (Lipinski definition) is 6. The van der Waals surface area contributed by atoms with E-state index in [-0.39, 0.29) is 11.9 Å². The molecule has 37 heavy (non-hydrogen) atoms. The molecule has 0 bridgehead atoms. The molecule has 1 aromatic heterocycles. The first-order valence-electron chi connectivity index (χ1n) is 12.3. The number of aromatic nitrogens is 2. The van der Waals surface area contributed by atoms with Crippen LogP contribution >= 0.6 is 0 Å². The first-order valence-corrected chi connectivity index (χ1v) is 12.3. The van der Waals surface area contributed by atoms with Crippen molar-refractivity contribution < 1.29 is 23.7 Å². The number of nitrogens with one attached hydrogen (secondary N) is 1. The monoisotopic (exact) mass is 503 g/mol. The van der Waals surface area contributed by atoms with Crippen molar-refractivity contribution in [1.29, 1.82) is 0 Å². The van der Waals surface area contributed by atoms with Gasteiger partial charge in [-0.2, -0.15) is 0 Å². The molecule has 0 spiro atoms. The zero-order chi connectivity index (χ0) is 26.4. The van der Waals surface area contributed by atoms with Crippen LogP contribution in [0.1, 0.15) is 41.6 Å². The Morgan fingerprint density at radius 1 is 0.973 bits per heavy atom. The van der Waals surface area contributed by atoms with Gasteiger partial charge in [-0.1, -0.05) is 31.2 Å². The van der Waals surface area contributed by atoms with Crippen LogP contribution in [0.2, 0.25) is 0 Å². The number of fused-ring (bicyclic) bond motifs is 1. The van der Waals surface area contributed by atoms with Crippen LogP contribution in [0.5, 0.6) is 23.0 Å². The van der Waals surface area contributed by atoms with Crippen molar-refractivity contribution in [3.63, 3.8) is 0 Å². The van der Waals surface area contributed by atoms with Crippen molar-refractivity contribution in [2.75, 3.05) is 27.9 Å². The summed E-state index contributed by atoms with van der Waals surface area (Å²) in [4.78, 5) is 18.0. The second-order valence-electron chi connectivity index (χ2n) is 8.57. The van der Waals surface area contributed by atoms with Gasteiger partial charge in [0.15, 0.2) is 11.5 Å². The minimum absolute atomic E-state index is 0.280. The summed E-state index contributed by atoms with van der Waals surface area (Å²) in [6.07, 6.45) is 0.990. The van der Waals surface area contributed by atoms with E-state index in [0.29, 0.717) is 36.0 Å². The number of nitrogens with zero attached hydrogens (tertiary/aromatic N) is 2. The lowest BCUT2D eigenvalue weighted by Gasteiger charge is -2.18. The topological polar surface area (TPSA) is 83.8 Å². The van der Waals surface area contributed by atoms with Crippen molar-refractivity contribution in [2.45, 2.75) is 32.9 Å². The molecule has 4 rings (SSSR count). The maximum atomic E-state index is 13.2. The number of rotatable bonds is 11. The van der Waals surface area contributed by atoms with Crippen LogP contribution in [0, 0.1) is 0 Å². The molecule has 0 aliphatic rings. The van der Waals surface area contributed by atoms with E-state index in [4.69, 9.17) is 23.9 Å². The van der Waals surface area contributed by atoms with Crippen molar-refractivity contribution in [1.82, 2.24) is 14.9 Å². The van der Waals surface area contributed by atoms with Gasteiger partial charge in [0.05, 0.1) is 44.9 Å². The second-order valence-corrected chi connectivity index (χ2v) is 8.57. The second kappa shape index (κ2) is 11.7. The molecule has 194 valence electrons. The Balaban J connectivity index is 1.55. The van der Waals surface area contributed by atoms with Crippen molar-refractivity contribution >= 4 is 16.9 Å². The third-order valence-corrected chi connectivity index (χ3v) is 6.26. The number of carbonyl (C=O) groups excluding carboxylic acids is 1. The lowest BCUT2D eigenvalue weighted by molar-refractivity contribution is 0.0936. The number of amides is 1. The Bertz CT molecular complexity index is 1340. The quantitative estimate of drug-likeness (QED) is 0.303. The molecule has 3 aromatic carbocycles. The highest BCUT2D eigenvalue weighted by Gasteiger charge is 2.22. The van der Waals surface area contributed by atoms with Crippen molar-refractivity contribution in [3.05, 3.63) is 77.6 Å². The SMILES string of the molecule is CCc1ccc(OCCn2c(C(C)NC(=O)c3cc(OC)c(OC)c(OC)c3)nc3ccccc32)cc1. The fourth-order valence-electron chi connectivity index (χ4n) is 4.29. The molecule has 8 heteroatoms. The van der Waals surface area contributed by atoms with E-state index in [1.165, 1.54) is 26.9 Å². The Hall–Kier alpha value is -4.20. The zero-order valence-electron chi connectivity index (χ0n) is 21.9. The highest BCUT2D eigenvalue weighted by Crippen LogP contribution is 2.38. The highest BCUT2D eigenvalue weighted by atomic mass is 16.5. The maximum Gasteiger partial charge on any atom is 0.252 e. The smallest absolute Gasteiger partial charge is 0.252 e. The van der Waals surface area contributed by atoms with Crippen molar-refractivity contribution in [2.24, 2.45) is 0 Å². The Kier molecular flexibility index (Phi) is 8.18. The number of hydrogen-bond donors (Lipinski definition) is 1. The molecule has 8 nitrogen and oxygen atoms in total. The van der Waals surface area contributed by atoms with Gasteiger partial charge in [0.2, 0.25) is 5.75 Å². The van der Waals surface area contributed by atoms with Gasteiger partial charge in [0.25, 0.3) is 5.91 Å². The van der Waals surface area contributed by atoms with E-state index < -0.39 is 0 Å². The predicted octanol–water partition coefficient (Wildman–Crippen LogP) is 5.19. The number of ether oxygens (including phenoxy) is 4. The minimum Gasteiger partial charge on any atom is -0.493 e. The molecule has 1 amide bonds. The molecule has 0 saturated carbocycles. The van der Waals surface area contributed by atoms with Gasteiger partial charge >= 0.3 is 0 Å². The number of para-hydroxylation sites is 2. The number of carbonyl (C=O) groups is 1. The van der Waals surface area contributed by atoms with Crippen LogP contribution in [0.4, 0.5) is 0 Å². The van der Waals surface area contributed by atoms with Gasteiger partial charge in [-0.3, -0.25) is 4.79 Å². The van der Waals surface area contributed by atoms with Gasteiger partial charge in [0.1, 0.15) is 18.2 Å². The number of methoxy groups -OCH3 is 3. The third kappa shape index (κ3) is 5.63. The van der Waals surface area contributed by atoms with Gasteiger partial charge in [0, 0.05) is 5.56 Å². The zero-order valence-corrected chi connectivity index (χ0v) is 21.9. The molecule has 0 radical (unpaired) electrons. The minimum atomic E-state index is -0.372. The predicted molar refractivity (Wildman–Crippen MR) is 143 cm³/mol. The normalized spacial score (nSPS) is 11.7. The maximum absolute atomic E-state index is 13.2. The molecule has 1 atom stereocenters. The molecule has 0 aliphatic carbocycles. The summed E-state index contributed by atoms with van der Waals surface area (Å²) >= 11 is 0. The highest BCUT2D eigenvalue weighted by molar-refractivity contribution is 5.96. The average molecular weight is 504 g/mol. The summed E-state index contributed by atoms with van der Waals surface area (Å²) in [5, 5.41) is 3.06. The fraction of sp³-hybridized carbons (Fsp3) is 0.310. The lowest BCUT2D eigenvalue weighted by Crippen LogP contribution is -2.29. The molecule has 0 fully saturated rings.